The number of ether oxygens (including phenoxy) is 1. The smallest absolute Gasteiger partial charge is 0.358 e. The number of nitrogens with zero attached hydrogens (tertiary/aromatic N) is 4. The van der Waals surface area contributed by atoms with Crippen LogP contribution in [0.2, 0.25) is 10.0 Å². The second kappa shape index (κ2) is 6.24. The number of nitrogen functional groups attached to an aromatic ring is 1. The highest BCUT2D eigenvalue weighted by atomic mass is 35.5. The fourth-order valence-corrected chi connectivity index (χ4v) is 2.98. The maximum atomic E-state index is 12.1. The Morgan fingerprint density at radius 3 is 2.76 bits per heavy atom. The molecule has 0 aliphatic heterocycles. The van der Waals surface area contributed by atoms with Gasteiger partial charge in [0.05, 0.1) is 28.4 Å². The summed E-state index contributed by atoms with van der Waals surface area (Å²) in [5.41, 5.74) is 7.63. The number of esters is 1. The molecule has 3 heterocycles. The minimum Gasteiger partial charge on any atom is -0.464 e. The molecule has 126 valence electrons. The van der Waals surface area contributed by atoms with Crippen LogP contribution >= 0.6 is 23.2 Å². The Hall–Kier alpha value is -2.82. The van der Waals surface area contributed by atoms with E-state index in [1.54, 1.807) is 17.8 Å². The highest BCUT2D eigenvalue weighted by molar-refractivity contribution is 6.44. The number of carbonyl (C=O) groups is 1. The first-order valence-corrected chi connectivity index (χ1v) is 7.72. The molecule has 2 N–H and O–H groups in total. The number of fused-ring (bicyclic) bond motifs is 1. The molecule has 9 heteroatoms. The molecule has 25 heavy (non-hydrogen) atoms. The van der Waals surface area contributed by atoms with Gasteiger partial charge >= 0.3 is 5.97 Å². The average Bonchev–Trinajstić information content (AvgIpc) is 2.92. The summed E-state index contributed by atoms with van der Waals surface area (Å²) in [7, 11) is 2.93. The van der Waals surface area contributed by atoms with Crippen LogP contribution in [0.25, 0.3) is 22.2 Å². The van der Waals surface area contributed by atoms with Crippen molar-refractivity contribution in [1.29, 1.82) is 5.26 Å². The summed E-state index contributed by atoms with van der Waals surface area (Å²) in [6.45, 7) is 0. The van der Waals surface area contributed by atoms with Crippen molar-refractivity contribution < 1.29 is 9.53 Å². The quantitative estimate of drug-likeness (QED) is 0.689. The highest BCUT2D eigenvalue weighted by Crippen LogP contribution is 2.42. The summed E-state index contributed by atoms with van der Waals surface area (Å²) in [4.78, 5) is 20.4. The first-order valence-electron chi connectivity index (χ1n) is 6.97. The molecule has 0 amide bonds. The van der Waals surface area contributed by atoms with Crippen molar-refractivity contribution in [3.8, 4) is 17.2 Å². The molecule has 0 unspecified atom stereocenters. The van der Waals surface area contributed by atoms with Gasteiger partial charge in [-0.2, -0.15) is 5.26 Å². The lowest BCUT2D eigenvalue weighted by atomic mass is 9.99. The zero-order valence-corrected chi connectivity index (χ0v) is 14.7. The number of aryl methyl sites for hydroxylation is 1. The predicted octanol–water partition coefficient (Wildman–Crippen LogP) is 3.18. The lowest BCUT2D eigenvalue weighted by molar-refractivity contribution is 0.0596. The first-order chi connectivity index (χ1) is 11.9. The number of nitrogens with two attached hydrogens (primary N) is 1. The Kier molecular flexibility index (Phi) is 4.25. The third-order valence-corrected chi connectivity index (χ3v) is 4.54. The molecule has 0 aliphatic carbocycles. The summed E-state index contributed by atoms with van der Waals surface area (Å²) in [5.74, 6) is -0.702. The molecule has 0 saturated heterocycles. The summed E-state index contributed by atoms with van der Waals surface area (Å²) < 4.78 is 6.37. The molecule has 7 nitrogen and oxygen atoms in total. The van der Waals surface area contributed by atoms with E-state index >= 15 is 0 Å². The van der Waals surface area contributed by atoms with Crippen LogP contribution in [-0.4, -0.2) is 27.6 Å². The van der Waals surface area contributed by atoms with E-state index in [9.17, 15) is 10.1 Å². The van der Waals surface area contributed by atoms with E-state index in [1.807, 2.05) is 0 Å². The minimum absolute atomic E-state index is 0.0352. The lowest BCUT2D eigenvalue weighted by Crippen LogP contribution is -2.11. The topological polar surface area (TPSA) is 107 Å². The monoisotopic (exact) mass is 375 g/mol. The molecule has 0 aliphatic rings. The molecule has 0 radical (unpaired) electrons. The number of rotatable bonds is 2. The Bertz CT molecular complexity index is 1070. The van der Waals surface area contributed by atoms with Crippen molar-refractivity contribution in [3.63, 3.8) is 0 Å². The number of pyridine rings is 2. The van der Waals surface area contributed by atoms with Gasteiger partial charge in [0.2, 0.25) is 0 Å². The SMILES string of the molecule is COC(=O)c1nc2c(c(C#N)cn2C)c(-c2cncc(Cl)c2Cl)c1N. The molecule has 0 atom stereocenters. The maximum Gasteiger partial charge on any atom is 0.358 e. The zero-order chi connectivity index (χ0) is 18.3. The standard InChI is InChI=1S/C16H11Cl2N5O2/c1-23-6-7(3-19)10-11(8-4-21-5-9(17)12(8)18)13(20)14(16(24)25-2)22-15(10)23/h4-6H,20H2,1-2H3. The van der Waals surface area contributed by atoms with Gasteiger partial charge in [-0.05, 0) is 0 Å². The molecule has 3 rings (SSSR count). The van der Waals surface area contributed by atoms with E-state index in [0.717, 1.165) is 0 Å². The molecule has 3 aromatic heterocycles. The molecule has 0 spiro atoms. The van der Waals surface area contributed by atoms with Gasteiger partial charge in [0.15, 0.2) is 5.69 Å². The van der Waals surface area contributed by atoms with Gasteiger partial charge in [0, 0.05) is 42.2 Å². The number of nitriles is 1. The number of carbonyl (C=O) groups excluding carboxylic acids is 1. The van der Waals surface area contributed by atoms with Crippen LogP contribution in [0.3, 0.4) is 0 Å². The van der Waals surface area contributed by atoms with Crippen molar-refractivity contribution in [2.75, 3.05) is 12.8 Å². The normalized spacial score (nSPS) is 10.7. The lowest BCUT2D eigenvalue weighted by Gasteiger charge is -2.13. The maximum absolute atomic E-state index is 12.1. The number of hydrogen-bond acceptors (Lipinski definition) is 6. The van der Waals surface area contributed by atoms with Crippen LogP contribution in [0.15, 0.2) is 18.6 Å². The van der Waals surface area contributed by atoms with Gasteiger partial charge in [-0.15, -0.1) is 0 Å². The molecule has 0 saturated carbocycles. The van der Waals surface area contributed by atoms with Crippen molar-refractivity contribution >= 4 is 45.9 Å². The molecule has 0 fully saturated rings. The van der Waals surface area contributed by atoms with Gasteiger partial charge in [-0.3, -0.25) is 4.98 Å². The third kappa shape index (κ3) is 2.56. The van der Waals surface area contributed by atoms with Gasteiger partial charge in [-0.1, -0.05) is 23.2 Å². The molecule has 3 aromatic rings. The van der Waals surface area contributed by atoms with Crippen LogP contribution in [0.5, 0.6) is 0 Å². The van der Waals surface area contributed by atoms with E-state index in [-0.39, 0.29) is 21.4 Å². The van der Waals surface area contributed by atoms with Gasteiger partial charge in [0.25, 0.3) is 0 Å². The van der Waals surface area contributed by atoms with Gasteiger partial charge < -0.3 is 15.0 Å². The van der Waals surface area contributed by atoms with E-state index in [4.69, 9.17) is 33.7 Å². The molecular weight excluding hydrogens is 365 g/mol. The van der Waals surface area contributed by atoms with E-state index < -0.39 is 5.97 Å². The van der Waals surface area contributed by atoms with E-state index in [0.29, 0.717) is 27.7 Å². The summed E-state index contributed by atoms with van der Waals surface area (Å²) >= 11 is 12.4. The number of methoxy groups -OCH3 is 1. The molecular formula is C16H11Cl2N5O2. The second-order valence-corrected chi connectivity index (χ2v) is 5.97. The predicted molar refractivity (Wildman–Crippen MR) is 94.4 cm³/mol. The van der Waals surface area contributed by atoms with Crippen LogP contribution < -0.4 is 5.73 Å². The van der Waals surface area contributed by atoms with Gasteiger partial charge in [-0.25, -0.2) is 9.78 Å². The first kappa shape index (κ1) is 17.0. The van der Waals surface area contributed by atoms with Crippen molar-refractivity contribution in [1.82, 2.24) is 14.5 Å². The summed E-state index contributed by atoms with van der Waals surface area (Å²) in [5, 5.41) is 10.3. The number of aromatic nitrogens is 3. The number of anilines is 1. The van der Waals surface area contributed by atoms with Crippen molar-refractivity contribution in [3.05, 3.63) is 39.9 Å². The van der Waals surface area contributed by atoms with E-state index in [1.165, 1.54) is 19.5 Å². The molecule has 0 bridgehead atoms. The third-order valence-electron chi connectivity index (χ3n) is 3.75. The molecule has 0 aromatic carbocycles. The van der Waals surface area contributed by atoms with Crippen LogP contribution in [0.1, 0.15) is 16.1 Å². The summed E-state index contributed by atoms with van der Waals surface area (Å²) in [6.07, 6.45) is 4.45. The van der Waals surface area contributed by atoms with Crippen LogP contribution in [-0.2, 0) is 11.8 Å². The van der Waals surface area contributed by atoms with Gasteiger partial charge in [0.1, 0.15) is 11.7 Å². The van der Waals surface area contributed by atoms with Crippen LogP contribution in [0.4, 0.5) is 5.69 Å². The number of hydrogen-bond donors (Lipinski definition) is 1. The Morgan fingerprint density at radius 2 is 2.12 bits per heavy atom. The van der Waals surface area contributed by atoms with Crippen LogP contribution in [0, 0.1) is 11.3 Å². The largest absolute Gasteiger partial charge is 0.464 e. The fraction of sp³-hybridized carbons (Fsp3) is 0.125. The minimum atomic E-state index is -0.702. The number of halogens is 2. The van der Waals surface area contributed by atoms with E-state index in [2.05, 4.69) is 16.0 Å². The average molecular weight is 376 g/mol. The Morgan fingerprint density at radius 1 is 1.40 bits per heavy atom. The van der Waals surface area contributed by atoms with Crippen molar-refractivity contribution in [2.24, 2.45) is 7.05 Å². The summed E-state index contributed by atoms with van der Waals surface area (Å²) in [6, 6.07) is 2.10. The highest BCUT2D eigenvalue weighted by Gasteiger charge is 2.25. The fourth-order valence-electron chi connectivity index (χ4n) is 2.63. The van der Waals surface area contributed by atoms with Crippen molar-refractivity contribution in [2.45, 2.75) is 0 Å². The Balaban J connectivity index is 2.55. The second-order valence-electron chi connectivity index (χ2n) is 5.19. The zero-order valence-electron chi connectivity index (χ0n) is 13.2. The Labute approximate surface area is 152 Å².